The summed E-state index contributed by atoms with van der Waals surface area (Å²) in [7, 11) is 0. The largest absolute Gasteiger partial charge is 0.436 e. The number of allylic oxidation sites excluding steroid dienone is 4. The number of carbonyl (C=O) groups is 3. The first-order chi connectivity index (χ1) is 27.8. The minimum atomic E-state index is -4.82. The monoisotopic (exact) mass is 820 g/mol. The topological polar surface area (TPSA) is 169 Å². The zero-order valence-corrected chi connectivity index (χ0v) is 31.9. The summed E-state index contributed by atoms with van der Waals surface area (Å²) in [6, 6.07) is 14.2. The first-order valence-electron chi connectivity index (χ1n) is 18.8. The number of esters is 1. The molecule has 2 aliphatic heterocycles. The van der Waals surface area contributed by atoms with E-state index in [4.69, 9.17) is 26.8 Å². The Balaban J connectivity index is 1.01. The van der Waals surface area contributed by atoms with Gasteiger partial charge in [0.2, 0.25) is 0 Å². The van der Waals surface area contributed by atoms with Gasteiger partial charge in [-0.1, -0.05) is 54.1 Å². The number of likely N-dealkylation sites (tertiary alicyclic amines) is 1. The van der Waals surface area contributed by atoms with Gasteiger partial charge < -0.3 is 29.9 Å². The number of halogens is 4. The number of nitrogens with one attached hydrogen (secondary N) is 1. The Bertz CT molecular complexity index is 2260. The lowest BCUT2D eigenvalue weighted by atomic mass is 10.0. The van der Waals surface area contributed by atoms with E-state index in [0.717, 1.165) is 18.1 Å². The quantitative estimate of drug-likeness (QED) is 0.151. The second-order valence-corrected chi connectivity index (χ2v) is 14.5. The molecule has 0 saturated carbocycles. The van der Waals surface area contributed by atoms with E-state index in [1.807, 2.05) is 47.4 Å². The maximum atomic E-state index is 14.1. The van der Waals surface area contributed by atoms with E-state index in [0.29, 0.717) is 49.8 Å². The SMILES string of the molecule is Nc1c(Cl)cc(C[C@@H](OC(=O)N2CCC(n3nc(-c4ccccc4)[nH]c3=O)CC2)C(=O)N2CCN(c3ccc(C(=O)OC4=CC=CCC4)cn3)CC2)cc1C(F)(F)F. The van der Waals surface area contributed by atoms with Crippen molar-refractivity contribution in [2.24, 2.45) is 0 Å². The first-order valence-corrected chi connectivity index (χ1v) is 19.1. The smallest absolute Gasteiger partial charge is 0.418 e. The molecule has 0 bridgehead atoms. The average Bonchev–Trinajstić information content (AvgIpc) is 3.63. The van der Waals surface area contributed by atoms with Crippen LogP contribution in [0.15, 0.2) is 89.6 Å². The van der Waals surface area contributed by atoms with Crippen LogP contribution >= 0.6 is 11.6 Å². The van der Waals surface area contributed by atoms with E-state index in [1.165, 1.54) is 26.7 Å². The summed E-state index contributed by atoms with van der Waals surface area (Å²) in [5, 5.41) is 4.12. The van der Waals surface area contributed by atoms with Gasteiger partial charge in [-0.25, -0.2) is 24.0 Å². The summed E-state index contributed by atoms with van der Waals surface area (Å²) in [6.45, 7) is 1.39. The van der Waals surface area contributed by atoms with Crippen molar-refractivity contribution in [1.82, 2.24) is 29.5 Å². The molecule has 4 heterocycles. The molecule has 7 rings (SSSR count). The molecule has 2 amide bonds. The number of pyridine rings is 1. The fraction of sp³-hybridized carbons (Fsp3) is 0.350. The molecule has 2 aromatic carbocycles. The number of aromatic nitrogens is 4. The van der Waals surface area contributed by atoms with Gasteiger partial charge in [-0.2, -0.15) is 13.2 Å². The number of nitrogens with zero attached hydrogens (tertiary/aromatic N) is 6. The number of nitrogens with two attached hydrogens (primary N) is 1. The summed E-state index contributed by atoms with van der Waals surface area (Å²) in [5.41, 5.74) is 4.49. The highest BCUT2D eigenvalue weighted by Gasteiger charge is 2.37. The number of rotatable bonds is 9. The minimum Gasteiger partial charge on any atom is -0.436 e. The third-order valence-electron chi connectivity index (χ3n) is 10.3. The maximum absolute atomic E-state index is 14.1. The summed E-state index contributed by atoms with van der Waals surface area (Å²) in [5.74, 6) is 0.449. The third-order valence-corrected chi connectivity index (χ3v) is 10.6. The van der Waals surface area contributed by atoms with E-state index < -0.39 is 47.9 Å². The number of alkyl halides is 3. The van der Waals surface area contributed by atoms with Crippen molar-refractivity contribution < 1.29 is 37.0 Å². The zero-order valence-electron chi connectivity index (χ0n) is 31.2. The molecule has 3 aliphatic rings. The number of ether oxygens (including phenoxy) is 2. The van der Waals surface area contributed by atoms with Gasteiger partial charge in [-0.05, 0) is 55.2 Å². The number of anilines is 2. The van der Waals surface area contributed by atoms with Crippen molar-refractivity contribution in [1.29, 1.82) is 0 Å². The third kappa shape index (κ3) is 9.20. The average molecular weight is 821 g/mol. The van der Waals surface area contributed by atoms with Crippen molar-refractivity contribution >= 4 is 41.1 Å². The fourth-order valence-corrected chi connectivity index (χ4v) is 7.36. The van der Waals surface area contributed by atoms with Gasteiger partial charge in [0.05, 0.1) is 27.9 Å². The van der Waals surface area contributed by atoms with Crippen molar-refractivity contribution in [2.75, 3.05) is 49.9 Å². The van der Waals surface area contributed by atoms with Crippen molar-refractivity contribution in [3.63, 3.8) is 0 Å². The molecule has 0 spiro atoms. The molecule has 2 saturated heterocycles. The normalized spacial score (nSPS) is 16.8. The second kappa shape index (κ2) is 17.2. The number of nitrogen functional groups attached to an aromatic ring is 1. The van der Waals surface area contributed by atoms with Crippen LogP contribution in [0, 0.1) is 0 Å². The Morgan fingerprint density at radius 2 is 1.72 bits per heavy atom. The summed E-state index contributed by atoms with van der Waals surface area (Å²) in [6.07, 6.45) is 1.58. The predicted octanol–water partition coefficient (Wildman–Crippen LogP) is 6.01. The van der Waals surface area contributed by atoms with E-state index in [-0.39, 0.29) is 54.1 Å². The number of H-pyrrole nitrogens is 1. The lowest BCUT2D eigenvalue weighted by molar-refractivity contribution is -0.141. The number of amides is 2. The van der Waals surface area contributed by atoms with Gasteiger partial charge in [-0.15, -0.1) is 5.10 Å². The van der Waals surface area contributed by atoms with Gasteiger partial charge in [-0.3, -0.25) is 9.78 Å². The van der Waals surface area contributed by atoms with E-state index >= 15 is 0 Å². The van der Waals surface area contributed by atoms with Crippen molar-refractivity contribution in [3.05, 3.63) is 117 Å². The van der Waals surface area contributed by atoms with Crippen LogP contribution < -0.4 is 16.3 Å². The lowest BCUT2D eigenvalue weighted by Gasteiger charge is -2.37. The Morgan fingerprint density at radius 1 is 0.983 bits per heavy atom. The van der Waals surface area contributed by atoms with Crippen molar-refractivity contribution in [3.8, 4) is 11.4 Å². The molecule has 1 aliphatic carbocycles. The Hall–Kier alpha value is -6.10. The molecular formula is C40H40ClF3N8O6. The molecule has 18 heteroatoms. The van der Waals surface area contributed by atoms with E-state index in [2.05, 4.69) is 15.1 Å². The summed E-state index contributed by atoms with van der Waals surface area (Å²) >= 11 is 6.11. The Morgan fingerprint density at radius 3 is 2.38 bits per heavy atom. The molecule has 2 aromatic heterocycles. The fourth-order valence-electron chi connectivity index (χ4n) is 7.12. The van der Waals surface area contributed by atoms with Crippen LogP contribution in [-0.2, 0) is 26.9 Å². The predicted molar refractivity (Wildman–Crippen MR) is 208 cm³/mol. The standard InChI is InChI=1S/C40H40ClF3N8O6/c41-31-22-25(21-30(34(31)45)40(42,43)44)23-32(58-39(56)51-15-13-28(14-16-51)52-38(55)47-35(48-52)26-7-3-1-4-8-26)36(53)50-19-17-49(18-20-50)33-12-11-27(24-46-33)37(54)57-29-9-5-2-6-10-29/h1-5,7-9,11-12,21-22,24,28,32H,6,10,13-20,23,45H2,(H,47,48,55)/t32-/m1/s1. The number of hydrogen-bond acceptors (Lipinski definition) is 10. The Labute approximate surface area is 335 Å². The molecule has 58 heavy (non-hydrogen) atoms. The highest BCUT2D eigenvalue weighted by atomic mass is 35.5. The molecule has 3 N–H and O–H groups in total. The molecule has 2 fully saturated rings. The van der Waals surface area contributed by atoms with Gasteiger partial charge in [0.1, 0.15) is 11.6 Å². The minimum absolute atomic E-state index is 0.00112. The van der Waals surface area contributed by atoms with Crippen LogP contribution in [0.25, 0.3) is 11.4 Å². The number of hydrogen-bond donors (Lipinski definition) is 2. The van der Waals surface area contributed by atoms with Crippen LogP contribution in [0.2, 0.25) is 5.02 Å². The molecule has 4 aromatic rings. The maximum Gasteiger partial charge on any atom is 0.418 e. The van der Waals surface area contributed by atoms with Crippen molar-refractivity contribution in [2.45, 2.75) is 50.4 Å². The lowest BCUT2D eigenvalue weighted by Crippen LogP contribution is -2.53. The highest BCUT2D eigenvalue weighted by molar-refractivity contribution is 6.33. The van der Waals surface area contributed by atoms with Gasteiger partial charge in [0.15, 0.2) is 11.9 Å². The van der Waals surface area contributed by atoms with Crippen LogP contribution in [-0.4, -0.2) is 92.9 Å². The van der Waals surface area contributed by atoms with Gasteiger partial charge >= 0.3 is 23.9 Å². The zero-order chi connectivity index (χ0) is 41.0. The highest BCUT2D eigenvalue weighted by Crippen LogP contribution is 2.38. The molecule has 0 radical (unpaired) electrons. The van der Waals surface area contributed by atoms with E-state index in [9.17, 15) is 32.3 Å². The summed E-state index contributed by atoms with van der Waals surface area (Å²) < 4.78 is 54.3. The number of benzene rings is 2. The van der Waals surface area contributed by atoms with Gasteiger partial charge in [0, 0.05) is 63.9 Å². The van der Waals surface area contributed by atoms with Crippen LogP contribution in [0.4, 0.5) is 29.5 Å². The second-order valence-electron chi connectivity index (χ2n) is 14.1. The molecule has 1 atom stereocenters. The molecular weight excluding hydrogens is 781 g/mol. The first kappa shape index (κ1) is 40.1. The van der Waals surface area contributed by atoms with Crippen LogP contribution in [0.3, 0.4) is 0 Å². The number of piperidine rings is 1. The number of aromatic amines is 1. The van der Waals surface area contributed by atoms with Crippen LogP contribution in [0.5, 0.6) is 0 Å². The molecule has 14 nitrogen and oxygen atoms in total. The summed E-state index contributed by atoms with van der Waals surface area (Å²) in [4.78, 5) is 65.1. The van der Waals surface area contributed by atoms with E-state index in [1.54, 1.807) is 18.2 Å². The number of piperazine rings is 1. The number of carbonyl (C=O) groups excluding carboxylic acids is 3. The van der Waals surface area contributed by atoms with Crippen LogP contribution in [0.1, 0.15) is 53.2 Å². The molecule has 0 unspecified atom stereocenters. The Kier molecular flexibility index (Phi) is 11.9. The van der Waals surface area contributed by atoms with Gasteiger partial charge in [0.25, 0.3) is 5.91 Å². The molecule has 304 valence electrons.